The lowest BCUT2D eigenvalue weighted by molar-refractivity contribution is -0.149. The Morgan fingerprint density at radius 2 is 1.79 bits per heavy atom. The smallest absolute Gasteiger partial charge is 0.328 e. The fraction of sp³-hybridized carbons (Fsp3) is 0.368. The highest BCUT2D eigenvalue weighted by atomic mass is 32.2. The molecule has 0 aliphatic heterocycles. The average molecular weight is 407 g/mol. The number of aliphatic hydroxyl groups is 1. The molecule has 8 nitrogen and oxygen atoms in total. The largest absolute Gasteiger partial charge is 0.480 e. The molecule has 0 aliphatic carbocycles. The van der Waals surface area contributed by atoms with E-state index in [0.29, 0.717) is 17.7 Å². The van der Waals surface area contributed by atoms with Gasteiger partial charge in [-0.15, -0.1) is 0 Å². The fourth-order valence-corrected chi connectivity index (χ4v) is 4.39. The Morgan fingerprint density at radius 3 is 2.32 bits per heavy atom. The Hall–Kier alpha value is -2.33. The maximum atomic E-state index is 13.0. The third-order valence-electron chi connectivity index (χ3n) is 4.86. The highest BCUT2D eigenvalue weighted by Crippen LogP contribution is 2.32. The van der Waals surface area contributed by atoms with Crippen LogP contribution in [0.15, 0.2) is 54.7 Å². The van der Waals surface area contributed by atoms with Gasteiger partial charge < -0.3 is 15.9 Å². The van der Waals surface area contributed by atoms with Crippen LogP contribution in [0.5, 0.6) is 0 Å². The standard InChI is InChI=1S/C19H25N3O5S/c1-18(25,19(20,17(23)24)14-15-8-4-3-5-9-15)28(26,27)22(2)13-11-16-10-6-7-12-21-16/h3-10,12,25H,11,13-14,20H2,1-2H3,(H,23,24). The first kappa shape index (κ1) is 22.0. The summed E-state index contributed by atoms with van der Waals surface area (Å²) in [6, 6.07) is 13.6. The van der Waals surface area contributed by atoms with Crippen molar-refractivity contribution < 1.29 is 23.4 Å². The van der Waals surface area contributed by atoms with Crippen LogP contribution in [0.3, 0.4) is 0 Å². The predicted molar refractivity (Wildman–Crippen MR) is 105 cm³/mol. The zero-order valence-corrected chi connectivity index (χ0v) is 16.6. The van der Waals surface area contributed by atoms with Crippen LogP contribution in [-0.4, -0.2) is 58.0 Å². The number of likely N-dealkylation sites (N-methyl/N-ethyl adjacent to an activating group) is 1. The molecule has 0 aliphatic rings. The van der Waals surface area contributed by atoms with E-state index in [2.05, 4.69) is 4.98 Å². The zero-order chi connectivity index (χ0) is 21.0. The number of carbonyl (C=O) groups is 1. The number of aliphatic carboxylic acids is 1. The molecule has 0 spiro atoms. The summed E-state index contributed by atoms with van der Waals surface area (Å²) in [5, 5.41) is 20.6. The molecular formula is C19H25N3O5S. The number of pyridine rings is 1. The first-order chi connectivity index (χ1) is 13.0. The summed E-state index contributed by atoms with van der Waals surface area (Å²) >= 11 is 0. The van der Waals surface area contributed by atoms with Crippen LogP contribution in [0.4, 0.5) is 0 Å². The van der Waals surface area contributed by atoms with Crippen molar-refractivity contribution in [3.63, 3.8) is 0 Å². The van der Waals surface area contributed by atoms with Crippen molar-refractivity contribution in [2.45, 2.75) is 30.2 Å². The Balaban J connectivity index is 2.29. The van der Waals surface area contributed by atoms with Crippen LogP contribution in [0.25, 0.3) is 0 Å². The van der Waals surface area contributed by atoms with Crippen LogP contribution in [-0.2, 0) is 27.7 Å². The number of rotatable bonds is 9. The van der Waals surface area contributed by atoms with Gasteiger partial charge in [-0.2, -0.15) is 0 Å². The minimum atomic E-state index is -4.48. The molecule has 9 heteroatoms. The van der Waals surface area contributed by atoms with Gasteiger partial charge in [0.05, 0.1) is 0 Å². The number of sulfonamides is 1. The topological polar surface area (TPSA) is 134 Å². The summed E-state index contributed by atoms with van der Waals surface area (Å²) in [5.41, 5.74) is 4.73. The number of hydrogen-bond acceptors (Lipinski definition) is 6. The average Bonchev–Trinajstić information content (AvgIpc) is 2.67. The van der Waals surface area contributed by atoms with Crippen LogP contribution in [0.1, 0.15) is 18.2 Å². The molecule has 0 radical (unpaired) electrons. The molecule has 1 aromatic carbocycles. The highest BCUT2D eigenvalue weighted by Gasteiger charge is 2.59. The van der Waals surface area contributed by atoms with E-state index >= 15 is 0 Å². The third kappa shape index (κ3) is 4.22. The number of benzene rings is 1. The van der Waals surface area contributed by atoms with E-state index in [1.165, 1.54) is 7.05 Å². The van der Waals surface area contributed by atoms with Crippen molar-refractivity contribution in [3.8, 4) is 0 Å². The summed E-state index contributed by atoms with van der Waals surface area (Å²) < 4.78 is 27.0. The second kappa shape index (κ2) is 8.36. The molecule has 2 atom stereocenters. The molecule has 2 aromatic rings. The van der Waals surface area contributed by atoms with Crippen molar-refractivity contribution in [1.82, 2.24) is 9.29 Å². The summed E-state index contributed by atoms with van der Waals surface area (Å²) in [7, 11) is -3.20. The van der Waals surface area contributed by atoms with Crippen molar-refractivity contribution >= 4 is 16.0 Å². The molecule has 152 valence electrons. The molecule has 1 heterocycles. The number of carboxylic acid groups (broad SMARTS) is 1. The third-order valence-corrected chi connectivity index (χ3v) is 7.23. The van der Waals surface area contributed by atoms with Gasteiger partial charge in [-0.05, 0) is 24.6 Å². The minimum absolute atomic E-state index is 0.0104. The number of nitrogens with two attached hydrogens (primary N) is 1. The summed E-state index contributed by atoms with van der Waals surface area (Å²) in [6.45, 7) is 0.938. The van der Waals surface area contributed by atoms with Crippen molar-refractivity contribution in [3.05, 3.63) is 66.0 Å². The molecular weight excluding hydrogens is 382 g/mol. The number of aromatic nitrogens is 1. The van der Waals surface area contributed by atoms with E-state index in [4.69, 9.17) is 5.73 Å². The molecule has 0 bridgehead atoms. The number of hydrogen-bond donors (Lipinski definition) is 3. The van der Waals surface area contributed by atoms with Gasteiger partial charge >= 0.3 is 5.97 Å². The minimum Gasteiger partial charge on any atom is -0.480 e. The van der Waals surface area contributed by atoms with Gasteiger partial charge in [0.15, 0.2) is 5.54 Å². The molecule has 2 rings (SSSR count). The monoisotopic (exact) mass is 407 g/mol. The normalized spacial score (nSPS) is 16.3. The molecule has 0 amide bonds. The summed E-state index contributed by atoms with van der Waals surface area (Å²) in [4.78, 5) is 13.3. The molecule has 4 N–H and O–H groups in total. The Morgan fingerprint density at radius 1 is 1.18 bits per heavy atom. The quantitative estimate of drug-likeness (QED) is 0.555. The van der Waals surface area contributed by atoms with E-state index < -0.39 is 26.5 Å². The van der Waals surface area contributed by atoms with E-state index in [1.54, 1.807) is 54.7 Å². The molecule has 1 aromatic heterocycles. The zero-order valence-electron chi connectivity index (χ0n) is 15.8. The van der Waals surface area contributed by atoms with E-state index in [0.717, 1.165) is 11.2 Å². The number of carboxylic acids is 1. The molecule has 0 saturated carbocycles. The van der Waals surface area contributed by atoms with Gasteiger partial charge in [0, 0.05) is 38.3 Å². The SMILES string of the molecule is CN(CCc1ccccn1)S(=O)(=O)C(C)(O)C(N)(Cc1ccccc1)C(=O)O. The first-order valence-corrected chi connectivity index (χ1v) is 10.1. The fourth-order valence-electron chi connectivity index (χ4n) is 2.83. The molecule has 2 unspecified atom stereocenters. The second-order valence-corrected chi connectivity index (χ2v) is 9.19. The highest BCUT2D eigenvalue weighted by molar-refractivity contribution is 7.90. The summed E-state index contributed by atoms with van der Waals surface area (Å²) in [6.07, 6.45) is 1.54. The van der Waals surface area contributed by atoms with Crippen molar-refractivity contribution in [2.75, 3.05) is 13.6 Å². The maximum absolute atomic E-state index is 13.0. The van der Waals surface area contributed by atoms with Gasteiger partial charge in [-0.25, -0.2) is 12.7 Å². The molecule has 28 heavy (non-hydrogen) atoms. The van der Waals surface area contributed by atoms with Crippen LogP contribution in [0, 0.1) is 0 Å². The van der Waals surface area contributed by atoms with Crippen molar-refractivity contribution in [2.24, 2.45) is 5.73 Å². The summed E-state index contributed by atoms with van der Waals surface area (Å²) in [5.74, 6) is -1.61. The predicted octanol–water partition coefficient (Wildman–Crippen LogP) is 0.619. The second-order valence-electron chi connectivity index (χ2n) is 6.82. The molecule has 0 saturated heterocycles. The first-order valence-electron chi connectivity index (χ1n) is 8.67. The Bertz CT molecular complexity index is 904. The van der Waals surface area contributed by atoms with Crippen LogP contribution < -0.4 is 5.73 Å². The lowest BCUT2D eigenvalue weighted by atomic mass is 9.86. The number of nitrogens with zero attached hydrogens (tertiary/aromatic N) is 2. The van der Waals surface area contributed by atoms with E-state index in [-0.39, 0.29) is 13.0 Å². The van der Waals surface area contributed by atoms with Crippen LogP contribution in [0.2, 0.25) is 0 Å². The van der Waals surface area contributed by atoms with Crippen molar-refractivity contribution in [1.29, 1.82) is 0 Å². The Kier molecular flexibility index (Phi) is 6.56. The lowest BCUT2D eigenvalue weighted by Gasteiger charge is -2.40. The van der Waals surface area contributed by atoms with Gasteiger partial charge in [-0.1, -0.05) is 36.4 Å². The van der Waals surface area contributed by atoms with Gasteiger partial charge in [0.25, 0.3) is 0 Å². The lowest BCUT2D eigenvalue weighted by Crippen LogP contribution is -2.70. The maximum Gasteiger partial charge on any atom is 0.328 e. The molecule has 0 fully saturated rings. The van der Waals surface area contributed by atoms with E-state index in [1.807, 2.05) is 0 Å². The van der Waals surface area contributed by atoms with Gasteiger partial charge in [-0.3, -0.25) is 9.78 Å². The van der Waals surface area contributed by atoms with E-state index in [9.17, 15) is 23.4 Å². The van der Waals surface area contributed by atoms with Crippen LogP contribution >= 0.6 is 0 Å². The van der Waals surface area contributed by atoms with Gasteiger partial charge in [0.1, 0.15) is 0 Å². The Labute approximate surface area is 164 Å². The van der Waals surface area contributed by atoms with Gasteiger partial charge in [0.2, 0.25) is 15.0 Å².